The number of hydrogen-bond donors (Lipinski definition) is 1. The Bertz CT molecular complexity index is 1140. The Kier molecular flexibility index (Phi) is 7.35. The first-order valence-electron chi connectivity index (χ1n) is 9.89. The maximum absolute atomic E-state index is 12.8. The van der Waals surface area contributed by atoms with E-state index in [1.54, 1.807) is 79.7 Å². The Morgan fingerprint density at radius 1 is 1.25 bits per heavy atom. The molecule has 0 aliphatic heterocycles. The van der Waals surface area contributed by atoms with E-state index in [9.17, 15) is 14.9 Å². The summed E-state index contributed by atoms with van der Waals surface area (Å²) in [6, 6.07) is 13.2. The van der Waals surface area contributed by atoms with Crippen LogP contribution in [0.25, 0.3) is 12.2 Å². The average Bonchev–Trinajstić information content (AvgIpc) is 3.16. The molecule has 0 unspecified atom stereocenters. The maximum atomic E-state index is 12.8. The molecular formula is C23H24N4O5. The van der Waals surface area contributed by atoms with E-state index in [-0.39, 0.29) is 17.7 Å². The molecule has 0 saturated heterocycles. The summed E-state index contributed by atoms with van der Waals surface area (Å²) < 4.78 is 12.6. The number of nitro benzene ring substituents is 1. The van der Waals surface area contributed by atoms with Crippen molar-refractivity contribution in [3.8, 4) is 5.75 Å². The largest absolute Gasteiger partial charge is 0.488 e. The number of aryl methyl sites for hydroxylation is 1. The van der Waals surface area contributed by atoms with Gasteiger partial charge in [0, 0.05) is 38.1 Å². The van der Waals surface area contributed by atoms with E-state index < -0.39 is 4.92 Å². The van der Waals surface area contributed by atoms with Crippen LogP contribution in [0, 0.1) is 10.1 Å². The molecule has 1 N–H and O–H groups in total. The van der Waals surface area contributed by atoms with Crippen LogP contribution in [0.15, 0.2) is 54.7 Å². The van der Waals surface area contributed by atoms with Gasteiger partial charge in [-0.25, -0.2) is 0 Å². The minimum Gasteiger partial charge on any atom is -0.488 e. The average molecular weight is 436 g/mol. The van der Waals surface area contributed by atoms with Crippen LogP contribution in [0.5, 0.6) is 5.75 Å². The molecule has 0 spiro atoms. The fraction of sp³-hybridized carbons (Fsp3) is 0.217. The van der Waals surface area contributed by atoms with Gasteiger partial charge in [-0.1, -0.05) is 18.2 Å². The van der Waals surface area contributed by atoms with Crippen molar-refractivity contribution in [2.45, 2.75) is 13.0 Å². The van der Waals surface area contributed by atoms with Gasteiger partial charge in [0.05, 0.1) is 17.1 Å². The molecule has 1 aromatic heterocycles. The fourth-order valence-corrected chi connectivity index (χ4v) is 3.07. The molecule has 32 heavy (non-hydrogen) atoms. The van der Waals surface area contributed by atoms with Gasteiger partial charge < -0.3 is 14.8 Å². The Morgan fingerprint density at radius 3 is 2.72 bits per heavy atom. The number of benzene rings is 2. The SMILES string of the molecule is COC[C@H](C)Oc1cc(/C=C/c2ccccc2[N+](=O)[O-])cc(C(=O)Nc2ccn(C)n2)c1. The highest BCUT2D eigenvalue weighted by Crippen LogP contribution is 2.24. The standard InChI is InChI=1S/C23H24N4O5/c1-16(15-31-3)32-20-13-17(8-9-18-6-4-5-7-21(18)27(29)30)12-19(14-20)23(28)24-22-10-11-26(2)25-22/h4-14,16H,15H2,1-3H3,(H,24,25,28)/b9-8+/t16-/m0/s1. The first-order valence-corrected chi connectivity index (χ1v) is 9.89. The van der Waals surface area contributed by atoms with Crippen molar-refractivity contribution in [1.29, 1.82) is 0 Å². The number of aromatic nitrogens is 2. The Labute approximate surface area is 185 Å². The van der Waals surface area contributed by atoms with Crippen molar-refractivity contribution >= 4 is 29.6 Å². The summed E-state index contributed by atoms with van der Waals surface area (Å²) in [7, 11) is 3.34. The molecule has 0 radical (unpaired) electrons. The molecule has 3 aromatic rings. The number of anilines is 1. The van der Waals surface area contributed by atoms with Crippen LogP contribution in [0.1, 0.15) is 28.4 Å². The van der Waals surface area contributed by atoms with Crippen LogP contribution in [0.4, 0.5) is 11.5 Å². The summed E-state index contributed by atoms with van der Waals surface area (Å²) in [5.41, 5.74) is 1.46. The third-order valence-electron chi connectivity index (χ3n) is 4.47. The summed E-state index contributed by atoms with van der Waals surface area (Å²) in [4.78, 5) is 23.6. The van der Waals surface area contributed by atoms with E-state index in [0.29, 0.717) is 34.9 Å². The van der Waals surface area contributed by atoms with Gasteiger partial charge in [0.15, 0.2) is 5.82 Å². The monoisotopic (exact) mass is 436 g/mol. The number of carbonyl (C=O) groups is 1. The summed E-state index contributed by atoms with van der Waals surface area (Å²) in [5, 5.41) is 18.2. The number of para-hydroxylation sites is 1. The second-order valence-electron chi connectivity index (χ2n) is 7.15. The van der Waals surface area contributed by atoms with E-state index in [4.69, 9.17) is 9.47 Å². The fourth-order valence-electron chi connectivity index (χ4n) is 3.07. The van der Waals surface area contributed by atoms with E-state index >= 15 is 0 Å². The molecule has 0 aliphatic rings. The highest BCUT2D eigenvalue weighted by molar-refractivity contribution is 6.04. The number of rotatable bonds is 9. The second kappa shape index (κ2) is 10.4. The minimum absolute atomic E-state index is 0.00186. The van der Waals surface area contributed by atoms with Gasteiger partial charge in [-0.3, -0.25) is 19.6 Å². The molecule has 3 rings (SSSR count). The Balaban J connectivity index is 1.92. The lowest BCUT2D eigenvalue weighted by Gasteiger charge is -2.15. The molecule has 0 aliphatic carbocycles. The van der Waals surface area contributed by atoms with Gasteiger partial charge in [-0.15, -0.1) is 0 Å². The third-order valence-corrected chi connectivity index (χ3v) is 4.47. The highest BCUT2D eigenvalue weighted by atomic mass is 16.6. The van der Waals surface area contributed by atoms with Crippen LogP contribution < -0.4 is 10.1 Å². The zero-order valence-electron chi connectivity index (χ0n) is 18.0. The van der Waals surface area contributed by atoms with E-state index in [0.717, 1.165) is 0 Å². The van der Waals surface area contributed by atoms with Crippen LogP contribution in [0.2, 0.25) is 0 Å². The molecule has 166 valence electrons. The third kappa shape index (κ3) is 6.02. The number of ether oxygens (including phenoxy) is 2. The lowest BCUT2D eigenvalue weighted by Crippen LogP contribution is -2.19. The molecule has 0 fully saturated rings. The first-order chi connectivity index (χ1) is 15.4. The summed E-state index contributed by atoms with van der Waals surface area (Å²) in [6.45, 7) is 2.23. The van der Waals surface area contributed by atoms with Gasteiger partial charge >= 0.3 is 0 Å². The van der Waals surface area contributed by atoms with Gasteiger partial charge in [0.25, 0.3) is 11.6 Å². The highest BCUT2D eigenvalue weighted by Gasteiger charge is 2.13. The lowest BCUT2D eigenvalue weighted by atomic mass is 10.1. The number of hydrogen-bond acceptors (Lipinski definition) is 6. The summed E-state index contributed by atoms with van der Waals surface area (Å²) in [5.74, 6) is 0.549. The van der Waals surface area contributed by atoms with Crippen molar-refractivity contribution in [2.24, 2.45) is 7.05 Å². The van der Waals surface area contributed by atoms with E-state index in [1.165, 1.54) is 6.07 Å². The minimum atomic E-state index is -0.433. The number of nitro groups is 1. The lowest BCUT2D eigenvalue weighted by molar-refractivity contribution is -0.385. The van der Waals surface area contributed by atoms with Crippen molar-refractivity contribution in [3.63, 3.8) is 0 Å². The van der Waals surface area contributed by atoms with Crippen molar-refractivity contribution in [2.75, 3.05) is 19.0 Å². The van der Waals surface area contributed by atoms with Crippen LogP contribution in [0.3, 0.4) is 0 Å². The quantitative estimate of drug-likeness (QED) is 0.306. The molecular weight excluding hydrogens is 412 g/mol. The van der Waals surface area contributed by atoms with Gasteiger partial charge in [0.1, 0.15) is 11.9 Å². The molecule has 9 heteroatoms. The normalized spacial score (nSPS) is 12.0. The molecule has 2 aromatic carbocycles. The smallest absolute Gasteiger partial charge is 0.276 e. The summed E-state index contributed by atoms with van der Waals surface area (Å²) in [6.07, 6.45) is 4.83. The Morgan fingerprint density at radius 2 is 2.03 bits per heavy atom. The van der Waals surface area contributed by atoms with Crippen LogP contribution in [-0.4, -0.2) is 40.4 Å². The van der Waals surface area contributed by atoms with E-state index in [2.05, 4.69) is 10.4 Å². The van der Waals surface area contributed by atoms with Crippen molar-refractivity contribution < 1.29 is 19.2 Å². The molecule has 1 heterocycles. The first kappa shape index (κ1) is 22.7. The van der Waals surface area contributed by atoms with Crippen LogP contribution >= 0.6 is 0 Å². The zero-order valence-corrected chi connectivity index (χ0v) is 18.0. The number of methoxy groups -OCH3 is 1. The molecule has 0 saturated carbocycles. The number of nitrogens with one attached hydrogen (secondary N) is 1. The van der Waals surface area contributed by atoms with Crippen molar-refractivity contribution in [1.82, 2.24) is 9.78 Å². The zero-order chi connectivity index (χ0) is 23.1. The predicted octanol–water partition coefficient (Wildman–Crippen LogP) is 4.16. The maximum Gasteiger partial charge on any atom is 0.276 e. The molecule has 1 atom stereocenters. The van der Waals surface area contributed by atoms with Crippen molar-refractivity contribution in [3.05, 3.63) is 81.5 Å². The topological polar surface area (TPSA) is 109 Å². The van der Waals surface area contributed by atoms with Gasteiger partial charge in [-0.05, 0) is 42.8 Å². The number of nitrogens with zero attached hydrogens (tertiary/aromatic N) is 3. The predicted molar refractivity (Wildman–Crippen MR) is 122 cm³/mol. The molecule has 9 nitrogen and oxygen atoms in total. The number of carbonyl (C=O) groups excluding carboxylic acids is 1. The van der Waals surface area contributed by atoms with Gasteiger partial charge in [0.2, 0.25) is 0 Å². The molecule has 0 bridgehead atoms. The molecule has 1 amide bonds. The second-order valence-corrected chi connectivity index (χ2v) is 7.15. The Hall–Kier alpha value is -3.98. The van der Waals surface area contributed by atoms with Gasteiger partial charge in [-0.2, -0.15) is 5.10 Å². The summed E-state index contributed by atoms with van der Waals surface area (Å²) >= 11 is 0. The van der Waals surface area contributed by atoms with E-state index in [1.807, 2.05) is 6.92 Å². The van der Waals surface area contributed by atoms with Crippen LogP contribution in [-0.2, 0) is 11.8 Å². The number of amides is 1.